The van der Waals surface area contributed by atoms with E-state index in [9.17, 15) is 0 Å². The number of nitrogens with one attached hydrogen (secondary N) is 1. The molecule has 90 valence electrons. The highest BCUT2D eigenvalue weighted by Gasteiger charge is 2.11. The molecule has 0 aliphatic rings. The zero-order valence-electron chi connectivity index (χ0n) is 9.53. The van der Waals surface area contributed by atoms with E-state index >= 15 is 0 Å². The number of aromatic nitrogens is 2. The summed E-state index contributed by atoms with van der Waals surface area (Å²) in [6.07, 6.45) is 1.73. The van der Waals surface area contributed by atoms with Gasteiger partial charge in [0.1, 0.15) is 0 Å². The third-order valence-electron chi connectivity index (χ3n) is 2.74. The summed E-state index contributed by atoms with van der Waals surface area (Å²) in [5.41, 5.74) is 2.49. The van der Waals surface area contributed by atoms with Crippen LogP contribution in [0.2, 0.25) is 5.02 Å². The lowest BCUT2D eigenvalue weighted by atomic mass is 10.2. The van der Waals surface area contributed by atoms with E-state index in [1.165, 1.54) is 0 Å². The molecule has 2 aromatic heterocycles. The monoisotopic (exact) mass is 276 g/mol. The summed E-state index contributed by atoms with van der Waals surface area (Å²) < 4.78 is 6.22. The van der Waals surface area contributed by atoms with E-state index in [1.54, 1.807) is 12.3 Å². The molecule has 0 aliphatic carbocycles. The van der Waals surface area contributed by atoms with Gasteiger partial charge < -0.3 is 9.40 Å². The molecule has 0 fully saturated rings. The smallest absolute Gasteiger partial charge is 0.197 e. The van der Waals surface area contributed by atoms with Gasteiger partial charge in [0.15, 0.2) is 16.1 Å². The molecule has 0 radical (unpaired) electrons. The van der Waals surface area contributed by atoms with E-state index < -0.39 is 0 Å². The Morgan fingerprint density at radius 2 is 2.22 bits per heavy atom. The molecule has 5 heteroatoms. The van der Waals surface area contributed by atoms with Gasteiger partial charge in [-0.05, 0) is 36.8 Å². The number of rotatable bonds is 1. The quantitative estimate of drug-likeness (QED) is 0.665. The minimum Gasteiger partial charge on any atom is -0.453 e. The SMILES string of the molecule is Cc1cnc(=S)[nH]c1-c1cc2cccc(Cl)c2o1. The van der Waals surface area contributed by atoms with Gasteiger partial charge >= 0.3 is 0 Å². The molecule has 0 amide bonds. The highest BCUT2D eigenvalue weighted by atomic mass is 35.5. The molecular weight excluding hydrogens is 268 g/mol. The predicted octanol–water partition coefficient (Wildman–Crippen LogP) is 4.51. The van der Waals surface area contributed by atoms with E-state index in [2.05, 4.69) is 9.97 Å². The summed E-state index contributed by atoms with van der Waals surface area (Å²) in [6, 6.07) is 7.60. The van der Waals surface area contributed by atoms with Crippen molar-refractivity contribution in [3.8, 4) is 11.5 Å². The van der Waals surface area contributed by atoms with E-state index in [4.69, 9.17) is 28.2 Å². The van der Waals surface area contributed by atoms with Gasteiger partial charge in [-0.3, -0.25) is 0 Å². The van der Waals surface area contributed by atoms with E-state index in [0.717, 1.165) is 16.6 Å². The van der Waals surface area contributed by atoms with Crippen molar-refractivity contribution >= 4 is 34.8 Å². The summed E-state index contributed by atoms with van der Waals surface area (Å²) in [5.74, 6) is 0.712. The van der Waals surface area contributed by atoms with Crippen LogP contribution >= 0.6 is 23.8 Å². The van der Waals surface area contributed by atoms with Crippen LogP contribution in [0.1, 0.15) is 5.56 Å². The van der Waals surface area contributed by atoms with Gasteiger partial charge in [0.2, 0.25) is 0 Å². The normalized spacial score (nSPS) is 11.0. The Hall–Kier alpha value is -1.65. The first-order chi connectivity index (χ1) is 8.65. The van der Waals surface area contributed by atoms with Gasteiger partial charge in [-0.25, -0.2) is 4.98 Å². The van der Waals surface area contributed by atoms with Crippen LogP contribution in [0.5, 0.6) is 0 Å². The predicted molar refractivity (Wildman–Crippen MR) is 74.4 cm³/mol. The maximum atomic E-state index is 6.09. The number of aromatic amines is 1. The highest BCUT2D eigenvalue weighted by molar-refractivity contribution is 7.71. The first-order valence-electron chi connectivity index (χ1n) is 5.39. The molecule has 1 aromatic carbocycles. The van der Waals surface area contributed by atoms with Crippen molar-refractivity contribution < 1.29 is 4.42 Å². The number of benzene rings is 1. The molecule has 2 heterocycles. The third kappa shape index (κ3) is 1.83. The maximum absolute atomic E-state index is 6.09. The minimum atomic E-state index is 0.433. The highest BCUT2D eigenvalue weighted by Crippen LogP contribution is 2.32. The van der Waals surface area contributed by atoms with E-state index in [1.807, 2.05) is 25.1 Å². The molecule has 0 unspecified atom stereocenters. The molecule has 3 aromatic rings. The molecule has 0 spiro atoms. The topological polar surface area (TPSA) is 41.8 Å². The summed E-state index contributed by atoms with van der Waals surface area (Å²) in [7, 11) is 0. The molecule has 0 bridgehead atoms. The fraction of sp³-hybridized carbons (Fsp3) is 0.0769. The van der Waals surface area contributed by atoms with Crippen molar-refractivity contribution in [3.05, 3.63) is 45.8 Å². The second kappa shape index (κ2) is 4.23. The first kappa shape index (κ1) is 11.4. The van der Waals surface area contributed by atoms with Crippen molar-refractivity contribution in [1.29, 1.82) is 0 Å². The molecular formula is C13H9ClN2OS. The molecule has 3 nitrogen and oxygen atoms in total. The van der Waals surface area contributed by atoms with Crippen LogP contribution in [0.25, 0.3) is 22.4 Å². The van der Waals surface area contributed by atoms with Gasteiger partial charge in [-0.2, -0.15) is 0 Å². The molecule has 1 N–H and O–H groups in total. The van der Waals surface area contributed by atoms with Gasteiger partial charge in [0, 0.05) is 11.6 Å². The van der Waals surface area contributed by atoms with Crippen LogP contribution in [0.15, 0.2) is 34.9 Å². The lowest BCUT2D eigenvalue weighted by Gasteiger charge is -2.00. The number of hydrogen-bond acceptors (Lipinski definition) is 3. The summed E-state index contributed by atoms with van der Waals surface area (Å²) in [4.78, 5) is 7.07. The van der Waals surface area contributed by atoms with Crippen LogP contribution in [0.4, 0.5) is 0 Å². The van der Waals surface area contributed by atoms with Crippen LogP contribution < -0.4 is 0 Å². The molecule has 3 rings (SSSR count). The Morgan fingerprint density at radius 1 is 1.39 bits per heavy atom. The van der Waals surface area contributed by atoms with Gasteiger partial charge in [-0.15, -0.1) is 0 Å². The van der Waals surface area contributed by atoms with Crippen molar-refractivity contribution in [2.45, 2.75) is 6.92 Å². The van der Waals surface area contributed by atoms with Crippen molar-refractivity contribution in [2.24, 2.45) is 0 Å². The van der Waals surface area contributed by atoms with Crippen molar-refractivity contribution in [3.63, 3.8) is 0 Å². The lowest BCUT2D eigenvalue weighted by Crippen LogP contribution is -1.89. The number of para-hydroxylation sites is 1. The number of hydrogen-bond donors (Lipinski definition) is 1. The average Bonchev–Trinajstić information content (AvgIpc) is 2.77. The van der Waals surface area contributed by atoms with Crippen molar-refractivity contribution in [2.75, 3.05) is 0 Å². The number of nitrogens with zero attached hydrogens (tertiary/aromatic N) is 1. The second-order valence-electron chi connectivity index (χ2n) is 4.02. The van der Waals surface area contributed by atoms with Gasteiger partial charge in [-0.1, -0.05) is 23.7 Å². The van der Waals surface area contributed by atoms with Crippen molar-refractivity contribution in [1.82, 2.24) is 9.97 Å². The Labute approximate surface area is 113 Å². The van der Waals surface area contributed by atoms with Gasteiger partial charge in [0.25, 0.3) is 0 Å². The standard InChI is InChI=1S/C13H9ClN2OS/c1-7-6-15-13(18)16-11(7)10-5-8-3-2-4-9(14)12(8)17-10/h2-6H,1H3,(H,15,16,18). The molecule has 0 saturated carbocycles. The summed E-state index contributed by atoms with van der Waals surface area (Å²) >= 11 is 11.1. The van der Waals surface area contributed by atoms with E-state index in [0.29, 0.717) is 21.1 Å². The Morgan fingerprint density at radius 3 is 3.00 bits per heavy atom. The fourth-order valence-corrected chi connectivity index (χ4v) is 2.24. The van der Waals surface area contributed by atoms with Crippen LogP contribution in [-0.2, 0) is 0 Å². The Kier molecular flexibility index (Phi) is 2.69. The molecule has 18 heavy (non-hydrogen) atoms. The zero-order chi connectivity index (χ0) is 12.7. The van der Waals surface area contributed by atoms with Crippen LogP contribution in [-0.4, -0.2) is 9.97 Å². The average molecular weight is 277 g/mol. The lowest BCUT2D eigenvalue weighted by molar-refractivity contribution is 0.627. The largest absolute Gasteiger partial charge is 0.453 e. The number of halogens is 1. The Balaban J connectivity index is 2.29. The molecule has 0 aliphatic heterocycles. The second-order valence-corrected chi connectivity index (χ2v) is 4.81. The van der Waals surface area contributed by atoms with E-state index in [-0.39, 0.29) is 0 Å². The number of furan rings is 1. The number of fused-ring (bicyclic) bond motifs is 1. The summed E-state index contributed by atoms with van der Waals surface area (Å²) in [6.45, 7) is 1.95. The maximum Gasteiger partial charge on any atom is 0.197 e. The van der Waals surface area contributed by atoms with Crippen LogP contribution in [0.3, 0.4) is 0 Å². The first-order valence-corrected chi connectivity index (χ1v) is 6.18. The number of aryl methyl sites for hydroxylation is 1. The molecule has 0 saturated heterocycles. The zero-order valence-corrected chi connectivity index (χ0v) is 11.1. The minimum absolute atomic E-state index is 0.433. The number of H-pyrrole nitrogens is 1. The third-order valence-corrected chi connectivity index (χ3v) is 3.25. The molecule has 0 atom stereocenters. The summed E-state index contributed by atoms with van der Waals surface area (Å²) in [5, 5.41) is 1.57. The Bertz CT molecular complexity index is 791. The van der Waals surface area contributed by atoms with Crippen LogP contribution in [0, 0.1) is 11.7 Å². The fourth-order valence-electron chi connectivity index (χ4n) is 1.86. The van der Waals surface area contributed by atoms with Gasteiger partial charge in [0.05, 0.1) is 10.7 Å².